The molecule has 1 nitrogen and oxygen atoms in total. The molecule has 0 unspecified atom stereocenters. The summed E-state index contributed by atoms with van der Waals surface area (Å²) in [6, 6.07) is 6.75. The first kappa shape index (κ1) is 26.0. The van der Waals surface area contributed by atoms with E-state index in [9.17, 15) is 17.6 Å². The number of benzene rings is 2. The van der Waals surface area contributed by atoms with Crippen molar-refractivity contribution in [1.82, 2.24) is 0 Å². The Hall–Kier alpha value is -2.04. The molecule has 0 heterocycles. The van der Waals surface area contributed by atoms with Gasteiger partial charge in [0.1, 0.15) is 0 Å². The van der Waals surface area contributed by atoms with E-state index in [1.54, 1.807) is 19.1 Å². The van der Waals surface area contributed by atoms with Crippen molar-refractivity contribution in [2.45, 2.75) is 96.3 Å². The topological polar surface area (TPSA) is 9.23 Å². The first-order valence-electron chi connectivity index (χ1n) is 13.5. The summed E-state index contributed by atoms with van der Waals surface area (Å²) in [7, 11) is 0. The third kappa shape index (κ3) is 5.86. The van der Waals surface area contributed by atoms with Crippen molar-refractivity contribution >= 4 is 0 Å². The Kier molecular flexibility index (Phi) is 8.77. The standard InChI is InChI=1S/C30H38F4O/c1-3-19-5-10-21(11-6-19)24-16-15-23(27(31)28(24)32)14-9-20-7-12-22(13-8-20)25-17-18-26(35-4-2)30(34)29(25)33/h15-22H,3-14H2,1-2H3. The van der Waals surface area contributed by atoms with Crippen molar-refractivity contribution in [2.75, 3.05) is 6.61 Å². The van der Waals surface area contributed by atoms with E-state index in [1.807, 2.05) is 6.07 Å². The molecule has 2 aliphatic rings. The summed E-state index contributed by atoms with van der Waals surface area (Å²) in [4.78, 5) is 0. The smallest absolute Gasteiger partial charge is 0.200 e. The average molecular weight is 491 g/mol. The predicted octanol–water partition coefficient (Wildman–Crippen LogP) is 9.23. The Morgan fingerprint density at radius 1 is 0.657 bits per heavy atom. The predicted molar refractivity (Wildman–Crippen MR) is 132 cm³/mol. The van der Waals surface area contributed by atoms with Gasteiger partial charge in [0, 0.05) is 0 Å². The van der Waals surface area contributed by atoms with Gasteiger partial charge in [0.05, 0.1) is 6.61 Å². The van der Waals surface area contributed by atoms with Crippen LogP contribution in [0.5, 0.6) is 5.75 Å². The highest BCUT2D eigenvalue weighted by Gasteiger charge is 2.28. The largest absolute Gasteiger partial charge is 0.491 e. The molecule has 0 N–H and O–H groups in total. The van der Waals surface area contributed by atoms with Crippen LogP contribution in [0.2, 0.25) is 0 Å². The van der Waals surface area contributed by atoms with Crippen molar-refractivity contribution in [3.8, 4) is 5.75 Å². The minimum Gasteiger partial charge on any atom is -0.491 e. The summed E-state index contributed by atoms with van der Waals surface area (Å²) in [5.41, 5.74) is 1.42. The molecule has 192 valence electrons. The molecule has 0 amide bonds. The number of aryl methyl sites for hydroxylation is 1. The highest BCUT2D eigenvalue weighted by molar-refractivity contribution is 5.33. The van der Waals surface area contributed by atoms with Crippen molar-refractivity contribution in [2.24, 2.45) is 11.8 Å². The normalized spacial score (nSPS) is 25.0. The fraction of sp³-hybridized carbons (Fsp3) is 0.600. The van der Waals surface area contributed by atoms with Gasteiger partial charge in [0.25, 0.3) is 0 Å². The van der Waals surface area contributed by atoms with E-state index in [0.29, 0.717) is 29.0 Å². The van der Waals surface area contributed by atoms with E-state index in [2.05, 4.69) is 6.92 Å². The van der Waals surface area contributed by atoms with Crippen LogP contribution in [0.15, 0.2) is 24.3 Å². The number of halogens is 4. The summed E-state index contributed by atoms with van der Waals surface area (Å²) in [5, 5.41) is 0. The molecule has 0 saturated heterocycles. The summed E-state index contributed by atoms with van der Waals surface area (Å²) < 4.78 is 63.8. The van der Waals surface area contributed by atoms with E-state index in [-0.39, 0.29) is 24.2 Å². The molecular weight excluding hydrogens is 452 g/mol. The van der Waals surface area contributed by atoms with Crippen LogP contribution in [0.1, 0.15) is 107 Å². The molecule has 0 bridgehead atoms. The van der Waals surface area contributed by atoms with Crippen LogP contribution in [0.25, 0.3) is 0 Å². The lowest BCUT2D eigenvalue weighted by atomic mass is 9.76. The van der Waals surface area contributed by atoms with Crippen LogP contribution in [0, 0.1) is 35.1 Å². The average Bonchev–Trinajstić information content (AvgIpc) is 2.88. The monoisotopic (exact) mass is 490 g/mol. The highest BCUT2D eigenvalue weighted by atomic mass is 19.2. The molecule has 0 aromatic heterocycles. The minimum atomic E-state index is -0.911. The molecule has 2 aromatic carbocycles. The first-order chi connectivity index (χ1) is 16.9. The first-order valence-corrected chi connectivity index (χ1v) is 13.5. The molecule has 35 heavy (non-hydrogen) atoms. The Morgan fingerprint density at radius 2 is 1.20 bits per heavy atom. The van der Waals surface area contributed by atoms with Gasteiger partial charge >= 0.3 is 0 Å². The van der Waals surface area contributed by atoms with Crippen LogP contribution < -0.4 is 4.74 Å². The lowest BCUT2D eigenvalue weighted by molar-refractivity contribution is 0.296. The Morgan fingerprint density at radius 3 is 1.77 bits per heavy atom. The molecule has 0 spiro atoms. The van der Waals surface area contributed by atoms with Crippen molar-refractivity contribution in [1.29, 1.82) is 0 Å². The van der Waals surface area contributed by atoms with Crippen molar-refractivity contribution in [3.05, 3.63) is 64.2 Å². The zero-order valence-corrected chi connectivity index (χ0v) is 21.0. The zero-order valence-electron chi connectivity index (χ0n) is 21.0. The molecule has 0 aliphatic heterocycles. The number of hydrogen-bond acceptors (Lipinski definition) is 1. The van der Waals surface area contributed by atoms with E-state index < -0.39 is 23.3 Å². The zero-order chi connectivity index (χ0) is 24.9. The number of rotatable bonds is 8. The second kappa shape index (κ2) is 11.8. The van der Waals surface area contributed by atoms with E-state index in [4.69, 9.17) is 4.74 Å². The van der Waals surface area contributed by atoms with Gasteiger partial charge in [-0.3, -0.25) is 0 Å². The summed E-state index contributed by atoms with van der Waals surface area (Å²) >= 11 is 0. The van der Waals surface area contributed by atoms with Crippen LogP contribution >= 0.6 is 0 Å². The van der Waals surface area contributed by atoms with E-state index in [1.165, 1.54) is 6.07 Å². The molecular formula is C30H38F4O. The van der Waals surface area contributed by atoms with E-state index in [0.717, 1.165) is 70.1 Å². The highest BCUT2D eigenvalue weighted by Crippen LogP contribution is 2.41. The van der Waals surface area contributed by atoms with Gasteiger partial charge in [-0.15, -0.1) is 0 Å². The fourth-order valence-electron chi connectivity index (χ4n) is 6.25. The van der Waals surface area contributed by atoms with Gasteiger partial charge in [-0.2, -0.15) is 4.39 Å². The molecule has 2 aliphatic carbocycles. The van der Waals surface area contributed by atoms with Crippen LogP contribution in [-0.2, 0) is 6.42 Å². The van der Waals surface area contributed by atoms with Gasteiger partial charge < -0.3 is 4.74 Å². The molecule has 0 atom stereocenters. The summed E-state index contributed by atoms with van der Waals surface area (Å²) in [5.74, 6) is -1.88. The quantitative estimate of drug-likeness (QED) is 0.335. The SMILES string of the molecule is CCOc1ccc(C2CCC(CCc3ccc(C4CCC(CC)CC4)c(F)c3F)CC2)c(F)c1F. The molecule has 5 heteroatoms. The van der Waals surface area contributed by atoms with Gasteiger partial charge in [0.15, 0.2) is 23.2 Å². The molecule has 4 rings (SSSR count). The minimum absolute atomic E-state index is 0.0207. The summed E-state index contributed by atoms with van der Waals surface area (Å²) in [6.45, 7) is 4.22. The maximum Gasteiger partial charge on any atom is 0.200 e. The third-order valence-corrected chi connectivity index (χ3v) is 8.54. The fourth-order valence-corrected chi connectivity index (χ4v) is 6.25. The second-order valence-electron chi connectivity index (χ2n) is 10.5. The van der Waals surface area contributed by atoms with E-state index >= 15 is 0 Å². The lowest BCUT2D eigenvalue weighted by Crippen LogP contribution is -2.16. The van der Waals surface area contributed by atoms with Crippen LogP contribution in [0.4, 0.5) is 17.6 Å². The van der Waals surface area contributed by atoms with Gasteiger partial charge in [-0.25, -0.2) is 13.2 Å². The summed E-state index contributed by atoms with van der Waals surface area (Å²) in [6.07, 6.45) is 9.82. The molecule has 2 saturated carbocycles. The lowest BCUT2D eigenvalue weighted by Gasteiger charge is -2.29. The maximum atomic E-state index is 14.9. The van der Waals surface area contributed by atoms with Crippen molar-refractivity contribution in [3.63, 3.8) is 0 Å². The molecule has 2 aromatic rings. The molecule has 2 fully saturated rings. The second-order valence-corrected chi connectivity index (χ2v) is 10.5. The Bertz CT molecular complexity index is 988. The Labute approximate surface area is 207 Å². The van der Waals surface area contributed by atoms with Gasteiger partial charge in [-0.1, -0.05) is 31.5 Å². The maximum absolute atomic E-state index is 14.9. The number of ether oxygens (including phenoxy) is 1. The molecule has 0 radical (unpaired) electrons. The van der Waals surface area contributed by atoms with Gasteiger partial charge in [-0.05, 0) is 118 Å². The van der Waals surface area contributed by atoms with Gasteiger partial charge in [0.2, 0.25) is 5.82 Å². The van der Waals surface area contributed by atoms with Crippen molar-refractivity contribution < 1.29 is 22.3 Å². The Balaban J connectivity index is 1.31. The van der Waals surface area contributed by atoms with Crippen LogP contribution in [0.3, 0.4) is 0 Å². The third-order valence-electron chi connectivity index (χ3n) is 8.54. The van der Waals surface area contributed by atoms with Crippen LogP contribution in [-0.4, -0.2) is 6.61 Å². The number of hydrogen-bond donors (Lipinski definition) is 0.